The van der Waals surface area contributed by atoms with E-state index in [1.807, 2.05) is 0 Å². The van der Waals surface area contributed by atoms with Crippen molar-refractivity contribution in [3.63, 3.8) is 0 Å². The van der Waals surface area contributed by atoms with Gasteiger partial charge in [0.25, 0.3) is 0 Å². The van der Waals surface area contributed by atoms with E-state index in [9.17, 15) is 9.59 Å². The van der Waals surface area contributed by atoms with E-state index in [0.29, 0.717) is 0 Å². The summed E-state index contributed by atoms with van der Waals surface area (Å²) < 4.78 is 0. The van der Waals surface area contributed by atoms with Gasteiger partial charge >= 0.3 is 5.97 Å². The summed E-state index contributed by atoms with van der Waals surface area (Å²) in [7, 11) is 0. The molecule has 0 aliphatic carbocycles. The van der Waals surface area contributed by atoms with Gasteiger partial charge in [0.2, 0.25) is 5.43 Å². The van der Waals surface area contributed by atoms with E-state index in [1.165, 1.54) is 0 Å². The van der Waals surface area contributed by atoms with E-state index in [2.05, 4.69) is 10.2 Å². The van der Waals surface area contributed by atoms with Crippen LogP contribution in [-0.4, -0.2) is 21.3 Å². The van der Waals surface area contributed by atoms with Gasteiger partial charge in [-0.25, -0.2) is 4.79 Å². The fourth-order valence-electron chi connectivity index (χ4n) is 0.971. The first-order valence-corrected chi connectivity index (χ1v) is 3.85. The Bertz CT molecular complexity index is 381. The highest BCUT2D eigenvalue weighted by molar-refractivity contribution is 5.87. The monoisotopic (exact) mass is 182 g/mol. The highest BCUT2D eigenvalue weighted by Crippen LogP contribution is 2.05. The molecule has 0 saturated carbocycles. The van der Waals surface area contributed by atoms with Gasteiger partial charge in [0.05, 0.1) is 0 Å². The van der Waals surface area contributed by atoms with Crippen molar-refractivity contribution in [1.29, 1.82) is 0 Å². The lowest BCUT2D eigenvalue weighted by atomic mass is 10.1. The predicted octanol–water partition coefficient (Wildman–Crippen LogP) is 0.592. The molecule has 0 radical (unpaired) electrons. The standard InChI is InChI=1S/C8H10N2O3/c1-4(2)6-7(11)5(8(12)13)3-9-10-6/h3-4H,1-2H3,(H,9,11)(H,12,13). The fraction of sp³-hybridized carbons (Fsp3) is 0.375. The molecule has 1 rings (SSSR count). The molecular weight excluding hydrogens is 172 g/mol. The van der Waals surface area contributed by atoms with Crippen LogP contribution in [0.1, 0.15) is 35.8 Å². The van der Waals surface area contributed by atoms with Crippen molar-refractivity contribution in [2.24, 2.45) is 0 Å². The SMILES string of the molecule is CC(C)c1n[nH]cc(C(=O)O)c1=O. The maximum absolute atomic E-state index is 11.4. The Morgan fingerprint density at radius 3 is 2.69 bits per heavy atom. The maximum Gasteiger partial charge on any atom is 0.341 e. The molecule has 0 aliphatic heterocycles. The molecule has 1 aromatic heterocycles. The van der Waals surface area contributed by atoms with Gasteiger partial charge in [0.15, 0.2) is 0 Å². The minimum atomic E-state index is -1.23. The van der Waals surface area contributed by atoms with E-state index in [1.54, 1.807) is 13.8 Å². The smallest absolute Gasteiger partial charge is 0.341 e. The van der Waals surface area contributed by atoms with E-state index in [-0.39, 0.29) is 17.2 Å². The van der Waals surface area contributed by atoms with Crippen molar-refractivity contribution < 1.29 is 9.90 Å². The topological polar surface area (TPSA) is 83.1 Å². The molecule has 0 unspecified atom stereocenters. The molecular formula is C8H10N2O3. The second-order valence-corrected chi connectivity index (χ2v) is 2.97. The summed E-state index contributed by atoms with van der Waals surface area (Å²) >= 11 is 0. The Labute approximate surface area is 74.4 Å². The van der Waals surface area contributed by atoms with Gasteiger partial charge in [0, 0.05) is 12.1 Å². The van der Waals surface area contributed by atoms with Crippen molar-refractivity contribution in [2.75, 3.05) is 0 Å². The van der Waals surface area contributed by atoms with E-state index in [0.717, 1.165) is 6.20 Å². The summed E-state index contributed by atoms with van der Waals surface area (Å²) in [5.74, 6) is -1.31. The number of hydrogen-bond acceptors (Lipinski definition) is 3. The number of carboxylic acid groups (broad SMARTS) is 1. The fourth-order valence-corrected chi connectivity index (χ4v) is 0.971. The number of rotatable bonds is 2. The normalized spacial score (nSPS) is 10.4. The molecule has 0 atom stereocenters. The van der Waals surface area contributed by atoms with Gasteiger partial charge < -0.3 is 5.11 Å². The first-order chi connectivity index (χ1) is 6.04. The molecule has 0 aliphatic rings. The third kappa shape index (κ3) is 1.74. The van der Waals surface area contributed by atoms with Crippen LogP contribution in [-0.2, 0) is 0 Å². The number of nitrogens with one attached hydrogen (secondary N) is 1. The molecule has 0 amide bonds. The highest BCUT2D eigenvalue weighted by Gasteiger charge is 2.14. The number of aromatic nitrogens is 2. The first-order valence-electron chi connectivity index (χ1n) is 3.85. The Morgan fingerprint density at radius 1 is 1.62 bits per heavy atom. The molecule has 70 valence electrons. The van der Waals surface area contributed by atoms with Gasteiger partial charge in [-0.2, -0.15) is 5.10 Å². The zero-order valence-corrected chi connectivity index (χ0v) is 7.37. The number of carbonyl (C=O) groups is 1. The van der Waals surface area contributed by atoms with Gasteiger partial charge in [-0.05, 0) is 0 Å². The summed E-state index contributed by atoms with van der Waals surface area (Å²) in [6, 6.07) is 0. The zero-order chi connectivity index (χ0) is 10.0. The number of hydrogen-bond donors (Lipinski definition) is 2. The summed E-state index contributed by atoms with van der Waals surface area (Å²) in [4.78, 5) is 21.9. The lowest BCUT2D eigenvalue weighted by molar-refractivity contribution is 0.0694. The van der Waals surface area contributed by atoms with Crippen LogP contribution in [0.4, 0.5) is 0 Å². The largest absolute Gasteiger partial charge is 0.477 e. The molecule has 0 aromatic carbocycles. The number of aromatic carboxylic acids is 1. The summed E-state index contributed by atoms with van der Waals surface area (Å²) in [5, 5.41) is 14.7. The third-order valence-corrected chi connectivity index (χ3v) is 1.65. The van der Waals surface area contributed by atoms with Gasteiger partial charge in [-0.1, -0.05) is 13.8 Å². The Kier molecular flexibility index (Phi) is 2.46. The number of aromatic amines is 1. The minimum Gasteiger partial charge on any atom is -0.477 e. The molecule has 13 heavy (non-hydrogen) atoms. The van der Waals surface area contributed by atoms with Crippen LogP contribution in [0.15, 0.2) is 11.0 Å². The third-order valence-electron chi connectivity index (χ3n) is 1.65. The van der Waals surface area contributed by atoms with Gasteiger partial charge in [-0.15, -0.1) is 0 Å². The van der Waals surface area contributed by atoms with E-state index >= 15 is 0 Å². The van der Waals surface area contributed by atoms with Crippen molar-refractivity contribution in [1.82, 2.24) is 10.2 Å². The average molecular weight is 182 g/mol. The molecule has 0 bridgehead atoms. The number of carboxylic acids is 1. The Morgan fingerprint density at radius 2 is 2.23 bits per heavy atom. The summed E-state index contributed by atoms with van der Waals surface area (Å²) in [6.45, 7) is 3.56. The van der Waals surface area contributed by atoms with Crippen molar-refractivity contribution in [3.8, 4) is 0 Å². The Balaban J connectivity index is 3.36. The molecule has 5 nitrogen and oxygen atoms in total. The van der Waals surface area contributed by atoms with Crippen LogP contribution >= 0.6 is 0 Å². The quantitative estimate of drug-likeness (QED) is 0.701. The molecule has 5 heteroatoms. The molecule has 2 N–H and O–H groups in total. The van der Waals surface area contributed by atoms with Gasteiger partial charge in [-0.3, -0.25) is 9.89 Å². The highest BCUT2D eigenvalue weighted by atomic mass is 16.4. The van der Waals surface area contributed by atoms with Crippen LogP contribution in [0.3, 0.4) is 0 Å². The van der Waals surface area contributed by atoms with Crippen LogP contribution in [0.2, 0.25) is 0 Å². The number of H-pyrrole nitrogens is 1. The molecule has 0 saturated heterocycles. The van der Waals surface area contributed by atoms with Crippen molar-refractivity contribution in [2.45, 2.75) is 19.8 Å². The molecule has 1 aromatic rings. The molecule has 0 spiro atoms. The van der Waals surface area contributed by atoms with Crippen LogP contribution in [0.25, 0.3) is 0 Å². The van der Waals surface area contributed by atoms with Crippen molar-refractivity contribution in [3.05, 3.63) is 27.7 Å². The lowest BCUT2D eigenvalue weighted by Crippen LogP contribution is -2.21. The molecule has 1 heterocycles. The first kappa shape index (κ1) is 9.44. The number of nitrogens with zero attached hydrogens (tertiary/aromatic N) is 1. The summed E-state index contributed by atoms with van der Waals surface area (Å²) in [5.41, 5.74) is -0.528. The minimum absolute atomic E-state index is 0.0805. The maximum atomic E-state index is 11.4. The molecule has 0 fully saturated rings. The Hall–Kier alpha value is -1.65. The predicted molar refractivity (Wildman–Crippen MR) is 45.9 cm³/mol. The van der Waals surface area contributed by atoms with Crippen molar-refractivity contribution >= 4 is 5.97 Å². The van der Waals surface area contributed by atoms with E-state index < -0.39 is 11.4 Å². The van der Waals surface area contributed by atoms with Gasteiger partial charge in [0.1, 0.15) is 11.3 Å². The lowest BCUT2D eigenvalue weighted by Gasteiger charge is -2.02. The summed E-state index contributed by atoms with van der Waals surface area (Å²) in [6.07, 6.45) is 1.09. The second-order valence-electron chi connectivity index (χ2n) is 2.97. The van der Waals surface area contributed by atoms with Crippen LogP contribution < -0.4 is 5.43 Å². The van der Waals surface area contributed by atoms with Crippen LogP contribution in [0.5, 0.6) is 0 Å². The van der Waals surface area contributed by atoms with E-state index in [4.69, 9.17) is 5.11 Å². The second kappa shape index (κ2) is 3.38. The zero-order valence-electron chi connectivity index (χ0n) is 7.37. The van der Waals surface area contributed by atoms with Crippen LogP contribution in [0, 0.1) is 0 Å². The average Bonchev–Trinajstić information content (AvgIpc) is 2.03.